The summed E-state index contributed by atoms with van der Waals surface area (Å²) in [6.07, 6.45) is -4.49. The van der Waals surface area contributed by atoms with E-state index in [1.165, 1.54) is 24.3 Å². The molecule has 6 nitrogen and oxygen atoms in total. The van der Waals surface area contributed by atoms with Crippen molar-refractivity contribution in [1.29, 1.82) is 0 Å². The highest BCUT2D eigenvalue weighted by atomic mass is 19.4. The van der Waals surface area contributed by atoms with E-state index in [1.54, 1.807) is 6.92 Å². The van der Waals surface area contributed by atoms with E-state index in [0.717, 1.165) is 16.7 Å². The monoisotopic (exact) mass is 396 g/mol. The summed E-state index contributed by atoms with van der Waals surface area (Å²) in [5, 5.41) is 2.61. The summed E-state index contributed by atoms with van der Waals surface area (Å²) in [5.41, 5.74) is -1.27. The molecule has 2 heterocycles. The lowest BCUT2D eigenvalue weighted by Gasteiger charge is -2.14. The van der Waals surface area contributed by atoms with Crippen LogP contribution in [0.5, 0.6) is 0 Å². The number of hydrogen-bond acceptors (Lipinski definition) is 4. The van der Waals surface area contributed by atoms with Crippen molar-refractivity contribution in [3.05, 3.63) is 63.6 Å². The number of aromatic nitrogens is 1. The van der Waals surface area contributed by atoms with E-state index < -0.39 is 23.2 Å². The number of aryl methyl sites for hydroxylation is 1. The smallest absolute Gasteiger partial charge is 0.352 e. The summed E-state index contributed by atoms with van der Waals surface area (Å²) in [6, 6.07) is 7.29. The van der Waals surface area contributed by atoms with Crippen molar-refractivity contribution in [3.63, 3.8) is 0 Å². The fraction of sp³-hybridized carbons (Fsp3) is 0.368. The lowest BCUT2D eigenvalue weighted by atomic mass is 10.1. The largest absolute Gasteiger partial charge is 0.416 e. The van der Waals surface area contributed by atoms with Crippen LogP contribution in [-0.2, 0) is 15.7 Å². The molecule has 0 aliphatic carbocycles. The zero-order chi connectivity index (χ0) is 20.3. The number of amides is 1. The van der Waals surface area contributed by atoms with Gasteiger partial charge in [0.15, 0.2) is 6.29 Å². The lowest BCUT2D eigenvalue weighted by Crippen LogP contribution is -2.34. The second-order valence-electron chi connectivity index (χ2n) is 6.29. The third-order valence-corrected chi connectivity index (χ3v) is 4.31. The van der Waals surface area contributed by atoms with Gasteiger partial charge in [0.25, 0.3) is 11.5 Å². The van der Waals surface area contributed by atoms with E-state index in [0.29, 0.717) is 25.3 Å². The van der Waals surface area contributed by atoms with Gasteiger partial charge in [-0.25, -0.2) is 0 Å². The molecule has 0 saturated carbocycles. The van der Waals surface area contributed by atoms with Crippen LogP contribution in [0.3, 0.4) is 0 Å². The maximum absolute atomic E-state index is 13.0. The van der Waals surface area contributed by atoms with Crippen molar-refractivity contribution >= 4 is 5.91 Å². The number of carbonyl (C=O) groups excluding carboxylic acids is 1. The normalized spacial score (nSPS) is 15.0. The van der Waals surface area contributed by atoms with Gasteiger partial charge in [0.2, 0.25) is 0 Å². The molecule has 9 heteroatoms. The number of nitrogens with zero attached hydrogens (tertiary/aromatic N) is 1. The van der Waals surface area contributed by atoms with Crippen LogP contribution in [0.1, 0.15) is 28.0 Å². The highest BCUT2D eigenvalue weighted by Gasteiger charge is 2.30. The van der Waals surface area contributed by atoms with E-state index in [9.17, 15) is 22.8 Å². The Morgan fingerprint density at radius 3 is 2.61 bits per heavy atom. The molecule has 1 amide bonds. The third kappa shape index (κ3) is 4.42. The van der Waals surface area contributed by atoms with Gasteiger partial charge in [0.05, 0.1) is 18.8 Å². The molecule has 1 aliphatic rings. The van der Waals surface area contributed by atoms with Crippen LogP contribution >= 0.6 is 0 Å². The number of nitrogens with one attached hydrogen (secondary N) is 1. The molecule has 3 rings (SSSR count). The molecule has 2 aromatic rings. The third-order valence-electron chi connectivity index (χ3n) is 4.31. The van der Waals surface area contributed by atoms with Gasteiger partial charge in [-0.05, 0) is 37.3 Å². The number of ether oxygens (including phenoxy) is 2. The molecule has 0 unspecified atom stereocenters. The van der Waals surface area contributed by atoms with Crippen molar-refractivity contribution in [2.45, 2.75) is 25.8 Å². The Morgan fingerprint density at radius 1 is 1.21 bits per heavy atom. The van der Waals surface area contributed by atoms with Gasteiger partial charge >= 0.3 is 6.18 Å². The fourth-order valence-electron chi connectivity index (χ4n) is 2.92. The molecule has 0 atom stereocenters. The van der Waals surface area contributed by atoms with Crippen LogP contribution in [0, 0.1) is 6.92 Å². The highest BCUT2D eigenvalue weighted by Crippen LogP contribution is 2.30. The molecule has 1 saturated heterocycles. The van der Waals surface area contributed by atoms with Gasteiger partial charge in [0, 0.05) is 24.3 Å². The maximum atomic E-state index is 13.0. The van der Waals surface area contributed by atoms with E-state index >= 15 is 0 Å². The SMILES string of the molecule is Cc1ccc(C(=O)NCCC2OCCO2)c(=O)n1-c1cccc(C(F)(F)F)c1. The first-order chi connectivity index (χ1) is 13.3. The zero-order valence-electron chi connectivity index (χ0n) is 15.1. The van der Waals surface area contributed by atoms with E-state index in [4.69, 9.17) is 9.47 Å². The Morgan fingerprint density at radius 2 is 1.93 bits per heavy atom. The summed E-state index contributed by atoms with van der Waals surface area (Å²) in [7, 11) is 0. The van der Waals surface area contributed by atoms with E-state index in [1.807, 2.05) is 0 Å². The Balaban J connectivity index is 1.84. The van der Waals surface area contributed by atoms with Crippen molar-refractivity contribution in [1.82, 2.24) is 9.88 Å². The van der Waals surface area contributed by atoms with Crippen LogP contribution in [0.4, 0.5) is 13.2 Å². The predicted octanol–water partition coefficient (Wildman–Crippen LogP) is 2.66. The van der Waals surface area contributed by atoms with Gasteiger partial charge < -0.3 is 14.8 Å². The first-order valence-electron chi connectivity index (χ1n) is 8.69. The molecule has 1 aromatic heterocycles. The Labute approximate surface area is 158 Å². The number of pyridine rings is 1. The average Bonchev–Trinajstić information content (AvgIpc) is 3.15. The molecule has 0 radical (unpaired) electrons. The van der Waals surface area contributed by atoms with Gasteiger partial charge in [-0.3, -0.25) is 14.2 Å². The molecule has 1 aliphatic heterocycles. The van der Waals surface area contributed by atoms with Crippen LogP contribution in [0.15, 0.2) is 41.2 Å². The molecule has 150 valence electrons. The number of rotatable bonds is 5. The topological polar surface area (TPSA) is 69.6 Å². The minimum absolute atomic E-state index is 0.0414. The van der Waals surface area contributed by atoms with Crippen molar-refractivity contribution in [3.8, 4) is 5.69 Å². The lowest BCUT2D eigenvalue weighted by molar-refractivity contribution is -0.137. The van der Waals surface area contributed by atoms with E-state index in [-0.39, 0.29) is 24.1 Å². The minimum Gasteiger partial charge on any atom is -0.352 e. The van der Waals surface area contributed by atoms with Gasteiger partial charge in [-0.15, -0.1) is 0 Å². The van der Waals surface area contributed by atoms with Crippen molar-refractivity contribution in [2.24, 2.45) is 0 Å². The van der Waals surface area contributed by atoms with Crippen LogP contribution < -0.4 is 10.9 Å². The number of hydrogen-bond donors (Lipinski definition) is 1. The predicted molar refractivity (Wildman–Crippen MR) is 94.4 cm³/mol. The molecular weight excluding hydrogens is 377 g/mol. The van der Waals surface area contributed by atoms with Gasteiger partial charge in [-0.1, -0.05) is 6.07 Å². The summed E-state index contributed by atoms with van der Waals surface area (Å²) in [5.74, 6) is -0.608. The molecule has 0 bridgehead atoms. The first kappa shape index (κ1) is 20.1. The molecule has 28 heavy (non-hydrogen) atoms. The quantitative estimate of drug-likeness (QED) is 0.844. The zero-order valence-corrected chi connectivity index (χ0v) is 15.1. The Bertz CT molecular complexity index is 918. The minimum atomic E-state index is -4.53. The molecule has 1 fully saturated rings. The number of benzene rings is 1. The summed E-state index contributed by atoms with van der Waals surface area (Å²) in [4.78, 5) is 25.2. The van der Waals surface area contributed by atoms with Crippen LogP contribution in [0.2, 0.25) is 0 Å². The van der Waals surface area contributed by atoms with Gasteiger partial charge in [0.1, 0.15) is 5.56 Å². The standard InChI is InChI=1S/C19H19F3N2O4/c1-12-5-6-15(17(25)23-8-7-16-27-9-10-28-16)18(26)24(12)14-4-2-3-13(11-14)19(20,21)22/h2-6,11,16H,7-10H2,1H3,(H,23,25). The Kier molecular flexibility index (Phi) is 5.85. The number of alkyl halides is 3. The summed E-state index contributed by atoms with van der Waals surface area (Å²) >= 11 is 0. The second-order valence-corrected chi connectivity index (χ2v) is 6.29. The van der Waals surface area contributed by atoms with Crippen molar-refractivity contribution in [2.75, 3.05) is 19.8 Å². The fourth-order valence-corrected chi connectivity index (χ4v) is 2.92. The maximum Gasteiger partial charge on any atom is 0.416 e. The van der Waals surface area contributed by atoms with Crippen molar-refractivity contribution < 1.29 is 27.4 Å². The van der Waals surface area contributed by atoms with Crippen LogP contribution in [0.25, 0.3) is 5.69 Å². The van der Waals surface area contributed by atoms with E-state index in [2.05, 4.69) is 5.32 Å². The van der Waals surface area contributed by atoms with Gasteiger partial charge in [-0.2, -0.15) is 13.2 Å². The summed E-state index contributed by atoms with van der Waals surface area (Å²) in [6.45, 7) is 2.81. The van der Waals surface area contributed by atoms with Crippen LogP contribution in [-0.4, -0.2) is 36.5 Å². The average molecular weight is 396 g/mol. The Hall–Kier alpha value is -2.65. The number of halogens is 3. The molecule has 1 aromatic carbocycles. The molecule has 1 N–H and O–H groups in total. The summed E-state index contributed by atoms with van der Waals surface area (Å²) < 4.78 is 50.6. The second kappa shape index (κ2) is 8.15. The first-order valence-corrected chi connectivity index (χ1v) is 8.69. The molecule has 0 spiro atoms. The molecular formula is C19H19F3N2O4. The highest BCUT2D eigenvalue weighted by molar-refractivity contribution is 5.93. The number of carbonyl (C=O) groups is 1.